The summed E-state index contributed by atoms with van der Waals surface area (Å²) in [5.41, 5.74) is 0.894. The Morgan fingerprint density at radius 3 is 2.95 bits per heavy atom. The number of amides is 2. The van der Waals surface area contributed by atoms with Crippen molar-refractivity contribution in [2.45, 2.75) is 45.6 Å². The second-order valence-electron chi connectivity index (χ2n) is 4.74. The molecule has 2 rings (SSSR count). The zero-order chi connectivity index (χ0) is 13.8. The first kappa shape index (κ1) is 14.0. The lowest BCUT2D eigenvalue weighted by Gasteiger charge is -2.34. The van der Waals surface area contributed by atoms with Crippen molar-refractivity contribution in [3.63, 3.8) is 0 Å². The van der Waals surface area contributed by atoms with Gasteiger partial charge in [-0.25, -0.2) is 4.98 Å². The highest BCUT2D eigenvalue weighted by Crippen LogP contribution is 2.21. The molecule has 0 aromatic carbocycles. The third-order valence-corrected chi connectivity index (χ3v) is 4.15. The highest BCUT2D eigenvalue weighted by molar-refractivity contribution is 7.13. The number of hydrogen-bond donors (Lipinski definition) is 1. The first-order chi connectivity index (χ1) is 9.11. The fourth-order valence-corrected chi connectivity index (χ4v) is 3.00. The lowest BCUT2D eigenvalue weighted by Crippen LogP contribution is -2.49. The van der Waals surface area contributed by atoms with E-state index in [2.05, 4.69) is 10.3 Å². The number of carbonyl (C=O) groups excluding carboxylic acids is 2. The molecule has 0 aliphatic carbocycles. The molecule has 2 heterocycles. The molecule has 1 aromatic heterocycles. The Balaban J connectivity index is 2.05. The van der Waals surface area contributed by atoms with E-state index in [-0.39, 0.29) is 17.9 Å². The largest absolute Gasteiger partial charge is 0.331 e. The number of hydrogen-bond acceptors (Lipinski definition) is 4. The van der Waals surface area contributed by atoms with Crippen LogP contribution in [-0.4, -0.2) is 34.3 Å². The van der Waals surface area contributed by atoms with Gasteiger partial charge in [-0.3, -0.25) is 9.59 Å². The van der Waals surface area contributed by atoms with Crippen LogP contribution in [-0.2, 0) is 9.59 Å². The molecule has 2 amide bonds. The minimum atomic E-state index is -0.342. The predicted molar refractivity (Wildman–Crippen MR) is 75.1 cm³/mol. The van der Waals surface area contributed by atoms with Gasteiger partial charge in [0.25, 0.3) is 0 Å². The average molecular weight is 281 g/mol. The number of nitrogens with zero attached hydrogens (tertiary/aromatic N) is 2. The van der Waals surface area contributed by atoms with Crippen LogP contribution in [0.25, 0.3) is 0 Å². The van der Waals surface area contributed by atoms with Gasteiger partial charge in [-0.05, 0) is 26.2 Å². The van der Waals surface area contributed by atoms with Gasteiger partial charge in [0.05, 0.1) is 5.69 Å². The summed E-state index contributed by atoms with van der Waals surface area (Å²) in [5.74, 6) is -0.0639. The molecule has 104 valence electrons. The van der Waals surface area contributed by atoms with Crippen molar-refractivity contribution in [1.82, 2.24) is 9.88 Å². The summed E-state index contributed by atoms with van der Waals surface area (Å²) >= 11 is 1.41. The Morgan fingerprint density at radius 2 is 2.32 bits per heavy atom. The van der Waals surface area contributed by atoms with E-state index in [1.165, 1.54) is 11.3 Å². The molecular formula is C13H19N3O2S. The second-order valence-corrected chi connectivity index (χ2v) is 5.59. The fourth-order valence-electron chi connectivity index (χ4n) is 2.31. The molecule has 0 spiro atoms. The molecule has 0 unspecified atom stereocenters. The summed E-state index contributed by atoms with van der Waals surface area (Å²) in [7, 11) is 0. The molecule has 1 atom stereocenters. The fraction of sp³-hybridized carbons (Fsp3) is 0.615. The summed E-state index contributed by atoms with van der Waals surface area (Å²) in [4.78, 5) is 30.1. The molecular weight excluding hydrogens is 262 g/mol. The number of rotatable bonds is 3. The van der Waals surface area contributed by atoms with Crippen LogP contribution < -0.4 is 5.32 Å². The zero-order valence-corrected chi connectivity index (χ0v) is 12.1. The third-order valence-electron chi connectivity index (χ3n) is 3.28. The standard InChI is InChI=1S/C13H19N3O2S/c1-3-11(17)16-7-5-4-6-10(16)12(18)15-13-14-9(2)8-19-13/h8,10H,3-7H2,1-2H3,(H,14,15,18)/t10-/m1/s1. The summed E-state index contributed by atoms with van der Waals surface area (Å²) < 4.78 is 0. The van der Waals surface area contributed by atoms with E-state index in [1.807, 2.05) is 19.2 Å². The molecule has 1 saturated heterocycles. The van der Waals surface area contributed by atoms with E-state index in [1.54, 1.807) is 4.90 Å². The first-order valence-corrected chi connectivity index (χ1v) is 7.52. The van der Waals surface area contributed by atoms with Crippen molar-refractivity contribution in [3.8, 4) is 0 Å². The van der Waals surface area contributed by atoms with Crippen LogP contribution in [0, 0.1) is 6.92 Å². The number of aromatic nitrogens is 1. The number of nitrogens with one attached hydrogen (secondary N) is 1. The topological polar surface area (TPSA) is 62.3 Å². The first-order valence-electron chi connectivity index (χ1n) is 6.64. The predicted octanol–water partition coefficient (Wildman–Crippen LogP) is 2.18. The van der Waals surface area contributed by atoms with E-state index in [9.17, 15) is 9.59 Å². The number of thiazole rings is 1. The quantitative estimate of drug-likeness (QED) is 0.923. The van der Waals surface area contributed by atoms with Crippen molar-refractivity contribution in [1.29, 1.82) is 0 Å². The van der Waals surface area contributed by atoms with Crippen LogP contribution in [0.3, 0.4) is 0 Å². The molecule has 5 nitrogen and oxygen atoms in total. The highest BCUT2D eigenvalue weighted by Gasteiger charge is 2.31. The normalized spacial score (nSPS) is 19.3. The smallest absolute Gasteiger partial charge is 0.248 e. The number of aryl methyl sites for hydroxylation is 1. The lowest BCUT2D eigenvalue weighted by atomic mass is 10.0. The summed E-state index contributed by atoms with van der Waals surface area (Å²) in [6, 6.07) is -0.342. The van der Waals surface area contributed by atoms with Crippen molar-refractivity contribution in [2.75, 3.05) is 11.9 Å². The minimum absolute atomic E-state index is 0.0511. The van der Waals surface area contributed by atoms with Crippen LogP contribution in [0.5, 0.6) is 0 Å². The monoisotopic (exact) mass is 281 g/mol. The molecule has 6 heteroatoms. The molecule has 1 fully saturated rings. The summed E-state index contributed by atoms with van der Waals surface area (Å²) in [6.07, 6.45) is 3.15. The van der Waals surface area contributed by atoms with Crippen molar-refractivity contribution in [3.05, 3.63) is 11.1 Å². The maximum Gasteiger partial charge on any atom is 0.248 e. The molecule has 19 heavy (non-hydrogen) atoms. The van der Waals surface area contributed by atoms with Gasteiger partial charge < -0.3 is 10.2 Å². The molecule has 0 saturated carbocycles. The average Bonchev–Trinajstić information content (AvgIpc) is 2.83. The third kappa shape index (κ3) is 3.32. The molecule has 0 bridgehead atoms. The zero-order valence-electron chi connectivity index (χ0n) is 11.3. The van der Waals surface area contributed by atoms with Crippen LogP contribution >= 0.6 is 11.3 Å². The Hall–Kier alpha value is -1.43. The van der Waals surface area contributed by atoms with Gasteiger partial charge in [-0.1, -0.05) is 6.92 Å². The van der Waals surface area contributed by atoms with Crippen molar-refractivity contribution in [2.24, 2.45) is 0 Å². The van der Waals surface area contributed by atoms with Crippen LogP contribution in [0.4, 0.5) is 5.13 Å². The molecule has 0 radical (unpaired) electrons. The Labute approximate surface area is 117 Å². The van der Waals surface area contributed by atoms with Gasteiger partial charge in [0, 0.05) is 18.3 Å². The number of likely N-dealkylation sites (tertiary alicyclic amines) is 1. The highest BCUT2D eigenvalue weighted by atomic mass is 32.1. The summed E-state index contributed by atoms with van der Waals surface area (Å²) in [6.45, 7) is 4.40. The Morgan fingerprint density at radius 1 is 1.53 bits per heavy atom. The molecule has 1 N–H and O–H groups in total. The van der Waals surface area contributed by atoms with E-state index >= 15 is 0 Å². The van der Waals surface area contributed by atoms with Crippen LogP contribution in [0.2, 0.25) is 0 Å². The van der Waals surface area contributed by atoms with Gasteiger partial charge in [0.15, 0.2) is 5.13 Å². The molecule has 1 aliphatic rings. The number of anilines is 1. The van der Waals surface area contributed by atoms with Gasteiger partial charge in [0.1, 0.15) is 6.04 Å². The SMILES string of the molecule is CCC(=O)N1CCCC[C@@H]1C(=O)Nc1nc(C)cs1. The molecule has 1 aromatic rings. The van der Waals surface area contributed by atoms with Crippen molar-refractivity contribution < 1.29 is 9.59 Å². The maximum atomic E-state index is 12.3. The van der Waals surface area contributed by atoms with Gasteiger partial charge >= 0.3 is 0 Å². The van der Waals surface area contributed by atoms with Gasteiger partial charge in [-0.15, -0.1) is 11.3 Å². The van der Waals surface area contributed by atoms with E-state index in [0.717, 1.165) is 25.0 Å². The van der Waals surface area contributed by atoms with Crippen LogP contribution in [0.15, 0.2) is 5.38 Å². The number of carbonyl (C=O) groups is 2. The minimum Gasteiger partial charge on any atom is -0.331 e. The number of piperidine rings is 1. The van der Waals surface area contributed by atoms with E-state index in [4.69, 9.17) is 0 Å². The summed E-state index contributed by atoms with van der Waals surface area (Å²) in [5, 5.41) is 5.32. The van der Waals surface area contributed by atoms with Crippen molar-refractivity contribution >= 4 is 28.3 Å². The Kier molecular flexibility index (Phi) is 4.52. The lowest BCUT2D eigenvalue weighted by molar-refractivity contribution is -0.140. The second kappa shape index (κ2) is 6.14. The molecule has 1 aliphatic heterocycles. The van der Waals surface area contributed by atoms with Gasteiger partial charge in [-0.2, -0.15) is 0 Å². The van der Waals surface area contributed by atoms with Crippen LogP contribution in [0.1, 0.15) is 38.3 Å². The van der Waals surface area contributed by atoms with E-state index in [0.29, 0.717) is 18.1 Å². The van der Waals surface area contributed by atoms with Gasteiger partial charge in [0.2, 0.25) is 11.8 Å². The van der Waals surface area contributed by atoms with E-state index < -0.39 is 0 Å². The Bertz CT molecular complexity index is 472. The maximum absolute atomic E-state index is 12.3.